The molecule has 1 fully saturated rings. The van der Waals surface area contributed by atoms with Crippen molar-refractivity contribution in [3.8, 4) is 0 Å². The van der Waals surface area contributed by atoms with Crippen LogP contribution >= 0.6 is 11.8 Å². The van der Waals surface area contributed by atoms with Gasteiger partial charge in [-0.05, 0) is 71.2 Å². The summed E-state index contributed by atoms with van der Waals surface area (Å²) in [6, 6.07) is 1.55. The lowest BCUT2D eigenvalue weighted by molar-refractivity contribution is 0.245. The highest BCUT2D eigenvalue weighted by Crippen LogP contribution is 2.12. The first kappa shape index (κ1) is 14.3. The van der Waals surface area contributed by atoms with Crippen LogP contribution in [0.3, 0.4) is 0 Å². The first-order chi connectivity index (χ1) is 7.74. The van der Waals surface area contributed by atoms with Crippen LogP contribution in [-0.4, -0.2) is 49.1 Å². The molecule has 0 aromatic rings. The molecule has 3 heteroatoms. The second kappa shape index (κ2) is 8.37. The highest BCUT2D eigenvalue weighted by Gasteiger charge is 2.14. The summed E-state index contributed by atoms with van der Waals surface area (Å²) >= 11 is 1.95. The Hall–Kier alpha value is 0.270. The minimum absolute atomic E-state index is 0.740. The fourth-order valence-corrected chi connectivity index (χ4v) is 2.90. The molecule has 2 nitrogen and oxygen atoms in total. The maximum Gasteiger partial charge on any atom is 0.00717 e. The van der Waals surface area contributed by atoms with E-state index in [0.717, 1.165) is 12.1 Å². The standard InChI is InChI=1S/C13H28N2S/c1-12(8-11-16-3)15(2)10-5-7-13-6-4-9-14-13/h12-14H,4-11H2,1-3H3. The van der Waals surface area contributed by atoms with Gasteiger partial charge in [0, 0.05) is 12.1 Å². The Bertz CT molecular complexity index is 169. The third kappa shape index (κ3) is 5.55. The third-order valence-corrected chi connectivity index (χ3v) is 4.36. The van der Waals surface area contributed by atoms with Crippen molar-refractivity contribution < 1.29 is 0 Å². The smallest absolute Gasteiger partial charge is 0.00717 e. The van der Waals surface area contributed by atoms with Gasteiger partial charge in [0.1, 0.15) is 0 Å². The largest absolute Gasteiger partial charge is 0.314 e. The van der Waals surface area contributed by atoms with Crippen LogP contribution in [0.1, 0.15) is 39.0 Å². The highest BCUT2D eigenvalue weighted by molar-refractivity contribution is 7.98. The highest BCUT2D eigenvalue weighted by atomic mass is 32.2. The molecular weight excluding hydrogens is 216 g/mol. The molecule has 1 aliphatic heterocycles. The van der Waals surface area contributed by atoms with Gasteiger partial charge < -0.3 is 10.2 Å². The van der Waals surface area contributed by atoms with E-state index in [4.69, 9.17) is 0 Å². The maximum atomic E-state index is 3.57. The summed E-state index contributed by atoms with van der Waals surface area (Å²) in [6.07, 6.45) is 8.99. The van der Waals surface area contributed by atoms with E-state index < -0.39 is 0 Å². The van der Waals surface area contributed by atoms with E-state index in [2.05, 4.69) is 30.4 Å². The molecule has 0 aromatic heterocycles. The SMILES string of the molecule is CSCCC(C)N(C)CCCC1CCCN1. The molecule has 0 spiro atoms. The van der Waals surface area contributed by atoms with E-state index in [1.807, 2.05) is 11.8 Å². The van der Waals surface area contributed by atoms with Gasteiger partial charge in [0.25, 0.3) is 0 Å². The molecule has 1 aliphatic rings. The monoisotopic (exact) mass is 244 g/mol. The molecule has 1 heterocycles. The summed E-state index contributed by atoms with van der Waals surface area (Å²) in [5.41, 5.74) is 0. The summed E-state index contributed by atoms with van der Waals surface area (Å²) in [5, 5.41) is 3.57. The van der Waals surface area contributed by atoms with Crippen LogP contribution in [0.15, 0.2) is 0 Å². The summed E-state index contributed by atoms with van der Waals surface area (Å²) in [6.45, 7) is 4.85. The van der Waals surface area contributed by atoms with Gasteiger partial charge in [-0.15, -0.1) is 0 Å². The molecule has 16 heavy (non-hydrogen) atoms. The molecule has 0 radical (unpaired) electrons. The van der Waals surface area contributed by atoms with Crippen LogP contribution in [0.2, 0.25) is 0 Å². The average Bonchev–Trinajstić information content (AvgIpc) is 2.78. The van der Waals surface area contributed by atoms with Gasteiger partial charge in [-0.3, -0.25) is 0 Å². The molecule has 0 aliphatic carbocycles. The Kier molecular flexibility index (Phi) is 7.50. The Morgan fingerprint density at radius 2 is 2.31 bits per heavy atom. The molecule has 1 rings (SSSR count). The lowest BCUT2D eigenvalue weighted by atomic mass is 10.1. The third-order valence-electron chi connectivity index (χ3n) is 3.72. The summed E-state index contributed by atoms with van der Waals surface area (Å²) in [4.78, 5) is 2.52. The summed E-state index contributed by atoms with van der Waals surface area (Å²) in [5.74, 6) is 1.29. The number of nitrogens with zero attached hydrogens (tertiary/aromatic N) is 1. The van der Waals surface area contributed by atoms with Crippen LogP contribution < -0.4 is 5.32 Å². The predicted octanol–water partition coefficient (Wildman–Crippen LogP) is 2.59. The van der Waals surface area contributed by atoms with E-state index in [1.54, 1.807) is 0 Å². The van der Waals surface area contributed by atoms with Gasteiger partial charge in [0.05, 0.1) is 0 Å². The molecule has 2 atom stereocenters. The van der Waals surface area contributed by atoms with Crippen molar-refractivity contribution in [3.63, 3.8) is 0 Å². The van der Waals surface area contributed by atoms with Crippen molar-refractivity contribution in [2.45, 2.75) is 51.1 Å². The second-order valence-corrected chi connectivity index (χ2v) is 6.03. The fourth-order valence-electron chi connectivity index (χ4n) is 2.32. The van der Waals surface area contributed by atoms with E-state index in [0.29, 0.717) is 0 Å². The van der Waals surface area contributed by atoms with Gasteiger partial charge in [-0.1, -0.05) is 0 Å². The van der Waals surface area contributed by atoms with Crippen molar-refractivity contribution >= 4 is 11.8 Å². The quantitative estimate of drug-likeness (QED) is 0.706. The van der Waals surface area contributed by atoms with Crippen LogP contribution in [0.5, 0.6) is 0 Å². The normalized spacial score (nSPS) is 22.9. The van der Waals surface area contributed by atoms with E-state index in [1.165, 1.54) is 50.9 Å². The van der Waals surface area contributed by atoms with Crippen LogP contribution in [0.4, 0.5) is 0 Å². The fraction of sp³-hybridized carbons (Fsp3) is 1.00. The molecule has 2 unspecified atom stereocenters. The predicted molar refractivity (Wildman–Crippen MR) is 75.3 cm³/mol. The van der Waals surface area contributed by atoms with Crippen LogP contribution in [0.25, 0.3) is 0 Å². The number of hydrogen-bond acceptors (Lipinski definition) is 3. The zero-order valence-corrected chi connectivity index (χ0v) is 12.0. The van der Waals surface area contributed by atoms with E-state index in [9.17, 15) is 0 Å². The number of hydrogen-bond donors (Lipinski definition) is 1. The zero-order chi connectivity index (χ0) is 11.8. The van der Waals surface area contributed by atoms with Crippen LogP contribution in [-0.2, 0) is 0 Å². The molecule has 1 N–H and O–H groups in total. The summed E-state index contributed by atoms with van der Waals surface area (Å²) < 4.78 is 0. The Morgan fingerprint density at radius 3 is 2.94 bits per heavy atom. The summed E-state index contributed by atoms with van der Waals surface area (Å²) in [7, 11) is 2.27. The Balaban J connectivity index is 2.01. The number of nitrogens with one attached hydrogen (secondary N) is 1. The molecule has 96 valence electrons. The maximum absolute atomic E-state index is 3.57. The molecule has 0 aromatic carbocycles. The first-order valence-corrected chi connectivity index (χ1v) is 8.06. The van der Waals surface area contributed by atoms with Gasteiger partial charge in [0.2, 0.25) is 0 Å². The minimum Gasteiger partial charge on any atom is -0.314 e. The topological polar surface area (TPSA) is 15.3 Å². The van der Waals surface area contributed by atoms with Gasteiger partial charge in [0.15, 0.2) is 0 Å². The molecule has 1 saturated heterocycles. The lowest BCUT2D eigenvalue weighted by Crippen LogP contribution is -2.31. The van der Waals surface area contributed by atoms with Crippen molar-refractivity contribution in [1.82, 2.24) is 10.2 Å². The van der Waals surface area contributed by atoms with Gasteiger partial charge in [-0.25, -0.2) is 0 Å². The zero-order valence-electron chi connectivity index (χ0n) is 11.2. The lowest BCUT2D eigenvalue weighted by Gasteiger charge is -2.25. The first-order valence-electron chi connectivity index (χ1n) is 6.66. The van der Waals surface area contributed by atoms with Gasteiger partial charge >= 0.3 is 0 Å². The van der Waals surface area contributed by atoms with Crippen molar-refractivity contribution in [3.05, 3.63) is 0 Å². The number of rotatable bonds is 8. The Morgan fingerprint density at radius 1 is 1.50 bits per heavy atom. The van der Waals surface area contributed by atoms with E-state index >= 15 is 0 Å². The van der Waals surface area contributed by atoms with E-state index in [-0.39, 0.29) is 0 Å². The van der Waals surface area contributed by atoms with Crippen molar-refractivity contribution in [1.29, 1.82) is 0 Å². The molecule has 0 amide bonds. The molecule has 0 bridgehead atoms. The molecular formula is C13H28N2S. The number of thioether (sulfide) groups is 1. The Labute approximate surface area is 106 Å². The van der Waals surface area contributed by atoms with Crippen molar-refractivity contribution in [2.75, 3.05) is 32.1 Å². The van der Waals surface area contributed by atoms with Crippen LogP contribution in [0, 0.1) is 0 Å². The average molecular weight is 244 g/mol. The molecule has 0 saturated carbocycles. The van der Waals surface area contributed by atoms with Gasteiger partial charge in [-0.2, -0.15) is 11.8 Å². The minimum atomic E-state index is 0.740. The second-order valence-electron chi connectivity index (χ2n) is 5.05. The van der Waals surface area contributed by atoms with Crippen molar-refractivity contribution in [2.24, 2.45) is 0 Å².